The van der Waals surface area contributed by atoms with E-state index in [9.17, 15) is 15.0 Å². The van der Waals surface area contributed by atoms with E-state index in [0.29, 0.717) is 25.9 Å². The third-order valence-electron chi connectivity index (χ3n) is 5.70. The number of aliphatic hydroxyl groups is 2. The number of rotatable bonds is 5. The summed E-state index contributed by atoms with van der Waals surface area (Å²) in [5.74, 6) is 0. The van der Waals surface area contributed by atoms with Gasteiger partial charge in [-0.2, -0.15) is 0 Å². The van der Waals surface area contributed by atoms with Crippen LogP contribution in [0.25, 0.3) is 0 Å². The molecule has 0 spiro atoms. The highest BCUT2D eigenvalue weighted by molar-refractivity contribution is 6.74. The van der Waals surface area contributed by atoms with Crippen molar-refractivity contribution >= 4 is 14.4 Å². The average Bonchev–Trinajstić information content (AvgIpc) is 2.44. The topological polar surface area (TPSA) is 90.2 Å². The number of likely N-dealkylation sites (tertiary alicyclic amines) is 1. The lowest BCUT2D eigenvalue weighted by molar-refractivity contribution is -0.0996. The summed E-state index contributed by atoms with van der Waals surface area (Å²) in [6.45, 7) is 13.1. The molecule has 1 unspecified atom stereocenters. The van der Waals surface area contributed by atoms with Crippen LogP contribution >= 0.6 is 0 Å². The van der Waals surface area contributed by atoms with E-state index < -0.39 is 25.9 Å². The summed E-state index contributed by atoms with van der Waals surface area (Å²) in [6.07, 6.45) is -1.25. The molecule has 0 bridgehead atoms. The molecule has 1 saturated heterocycles. The summed E-state index contributed by atoms with van der Waals surface area (Å²) in [6, 6.07) is 0. The standard InChI is InChI=1S/C16H33NO5Si/c1-12(22-23(5,6)15(2,3)4)13(19)16(11-18)7-9-17(10-8-16)14(20)21/h12-13,18-19H,7-11H2,1-6H3,(H,20,21)/t12-,13?/m0/s1. The van der Waals surface area contributed by atoms with Crippen LogP contribution in [0.15, 0.2) is 0 Å². The smallest absolute Gasteiger partial charge is 0.407 e. The van der Waals surface area contributed by atoms with Crippen molar-refractivity contribution in [3.63, 3.8) is 0 Å². The van der Waals surface area contributed by atoms with Gasteiger partial charge >= 0.3 is 6.09 Å². The van der Waals surface area contributed by atoms with E-state index in [2.05, 4.69) is 33.9 Å². The molecule has 1 amide bonds. The van der Waals surface area contributed by atoms with E-state index in [4.69, 9.17) is 9.53 Å². The van der Waals surface area contributed by atoms with Crippen molar-refractivity contribution in [2.45, 2.75) is 70.9 Å². The fourth-order valence-corrected chi connectivity index (χ4v) is 4.31. The van der Waals surface area contributed by atoms with Crippen molar-refractivity contribution in [2.24, 2.45) is 5.41 Å². The number of carbonyl (C=O) groups is 1. The second-order valence-corrected chi connectivity index (χ2v) is 13.1. The van der Waals surface area contributed by atoms with Gasteiger partial charge in [-0.05, 0) is 37.9 Å². The van der Waals surface area contributed by atoms with Crippen LogP contribution in [0.2, 0.25) is 18.1 Å². The first-order valence-corrected chi connectivity index (χ1v) is 11.2. The SMILES string of the molecule is C[C@H](O[Si](C)(C)C(C)(C)C)C(O)C1(CO)CCN(C(=O)O)CC1. The molecule has 0 aromatic rings. The zero-order valence-corrected chi connectivity index (χ0v) is 16.3. The Morgan fingerprint density at radius 1 is 1.30 bits per heavy atom. The van der Waals surface area contributed by atoms with Crippen molar-refractivity contribution in [1.82, 2.24) is 4.90 Å². The minimum Gasteiger partial charge on any atom is -0.465 e. The van der Waals surface area contributed by atoms with Gasteiger partial charge < -0.3 is 24.6 Å². The highest BCUT2D eigenvalue weighted by Crippen LogP contribution is 2.41. The van der Waals surface area contributed by atoms with Gasteiger partial charge in [0.2, 0.25) is 0 Å². The van der Waals surface area contributed by atoms with Crippen molar-refractivity contribution in [1.29, 1.82) is 0 Å². The first kappa shape index (κ1) is 20.4. The Bertz CT molecular complexity index is 413. The molecule has 2 atom stereocenters. The number of amides is 1. The maximum atomic E-state index is 11.0. The van der Waals surface area contributed by atoms with Crippen molar-refractivity contribution in [3.8, 4) is 0 Å². The predicted molar refractivity (Wildman–Crippen MR) is 92.1 cm³/mol. The minimum atomic E-state index is -2.02. The van der Waals surface area contributed by atoms with Crippen LogP contribution in [0.3, 0.4) is 0 Å². The van der Waals surface area contributed by atoms with Crippen molar-refractivity contribution in [2.75, 3.05) is 19.7 Å². The van der Waals surface area contributed by atoms with E-state index in [1.165, 1.54) is 4.90 Å². The molecular weight excluding hydrogens is 314 g/mol. The molecule has 23 heavy (non-hydrogen) atoms. The third-order valence-corrected chi connectivity index (χ3v) is 10.3. The summed E-state index contributed by atoms with van der Waals surface area (Å²) in [4.78, 5) is 12.4. The molecule has 3 N–H and O–H groups in total. The monoisotopic (exact) mass is 347 g/mol. The number of hydrogen-bond acceptors (Lipinski definition) is 4. The Morgan fingerprint density at radius 2 is 1.78 bits per heavy atom. The third kappa shape index (κ3) is 4.46. The summed E-state index contributed by atoms with van der Waals surface area (Å²) < 4.78 is 6.27. The zero-order chi connectivity index (χ0) is 18.1. The van der Waals surface area contributed by atoms with Crippen LogP contribution in [-0.2, 0) is 4.43 Å². The van der Waals surface area contributed by atoms with Gasteiger partial charge in [-0.25, -0.2) is 4.79 Å². The molecule has 1 heterocycles. The molecule has 0 aromatic carbocycles. The van der Waals surface area contributed by atoms with Gasteiger partial charge in [0, 0.05) is 18.5 Å². The second kappa shape index (κ2) is 7.09. The first-order chi connectivity index (χ1) is 10.4. The number of hydrogen-bond donors (Lipinski definition) is 3. The quantitative estimate of drug-likeness (QED) is 0.665. The highest BCUT2D eigenvalue weighted by atomic mass is 28.4. The highest BCUT2D eigenvalue weighted by Gasteiger charge is 2.46. The molecule has 6 nitrogen and oxygen atoms in total. The Labute approximate surface area is 140 Å². The number of carboxylic acid groups (broad SMARTS) is 1. The Kier molecular flexibility index (Phi) is 6.29. The average molecular weight is 348 g/mol. The lowest BCUT2D eigenvalue weighted by Crippen LogP contribution is -2.55. The van der Waals surface area contributed by atoms with Crippen LogP contribution in [0, 0.1) is 5.41 Å². The molecule has 1 fully saturated rings. The van der Waals surface area contributed by atoms with Crippen LogP contribution in [0.1, 0.15) is 40.5 Å². The predicted octanol–water partition coefficient (Wildman–Crippen LogP) is 2.51. The van der Waals surface area contributed by atoms with Gasteiger partial charge in [0.05, 0.1) is 18.8 Å². The fraction of sp³-hybridized carbons (Fsp3) is 0.938. The van der Waals surface area contributed by atoms with Gasteiger partial charge in [-0.15, -0.1) is 0 Å². The van der Waals surface area contributed by atoms with E-state index in [1.807, 2.05) is 6.92 Å². The van der Waals surface area contributed by atoms with Crippen molar-refractivity contribution in [3.05, 3.63) is 0 Å². The second-order valence-electron chi connectivity index (χ2n) is 8.32. The fourth-order valence-electron chi connectivity index (χ4n) is 2.89. The van der Waals surface area contributed by atoms with E-state index in [-0.39, 0.29) is 17.7 Å². The molecule has 7 heteroatoms. The van der Waals surface area contributed by atoms with E-state index in [0.717, 1.165) is 0 Å². The van der Waals surface area contributed by atoms with Crippen LogP contribution < -0.4 is 0 Å². The number of piperidine rings is 1. The van der Waals surface area contributed by atoms with Gasteiger partial charge in [-0.3, -0.25) is 0 Å². The van der Waals surface area contributed by atoms with Crippen LogP contribution in [-0.4, -0.2) is 66.5 Å². The van der Waals surface area contributed by atoms with Crippen LogP contribution in [0.4, 0.5) is 4.79 Å². The number of nitrogens with zero attached hydrogens (tertiary/aromatic N) is 1. The number of aliphatic hydroxyl groups excluding tert-OH is 2. The van der Waals surface area contributed by atoms with Gasteiger partial charge in [0.1, 0.15) is 0 Å². The zero-order valence-electron chi connectivity index (χ0n) is 15.3. The molecule has 1 aliphatic rings. The Hall–Kier alpha value is -0.633. The van der Waals surface area contributed by atoms with Crippen LogP contribution in [0.5, 0.6) is 0 Å². The van der Waals surface area contributed by atoms with E-state index >= 15 is 0 Å². The summed E-state index contributed by atoms with van der Waals surface area (Å²) in [7, 11) is -2.02. The summed E-state index contributed by atoms with van der Waals surface area (Å²) in [5, 5.41) is 29.8. The van der Waals surface area contributed by atoms with E-state index in [1.54, 1.807) is 0 Å². The molecule has 1 aliphatic heterocycles. The lowest BCUT2D eigenvalue weighted by atomic mass is 9.73. The molecule has 0 aromatic heterocycles. The normalized spacial score (nSPS) is 21.8. The van der Waals surface area contributed by atoms with Gasteiger partial charge in [0.25, 0.3) is 0 Å². The molecule has 0 aliphatic carbocycles. The minimum absolute atomic E-state index is 0.0417. The van der Waals surface area contributed by atoms with Crippen molar-refractivity contribution < 1.29 is 24.5 Å². The maximum absolute atomic E-state index is 11.0. The molecule has 136 valence electrons. The Balaban J connectivity index is 2.81. The largest absolute Gasteiger partial charge is 0.465 e. The van der Waals surface area contributed by atoms with Gasteiger partial charge in [-0.1, -0.05) is 20.8 Å². The molecule has 0 saturated carbocycles. The maximum Gasteiger partial charge on any atom is 0.407 e. The lowest BCUT2D eigenvalue weighted by Gasteiger charge is -2.47. The molecule has 1 rings (SSSR count). The Morgan fingerprint density at radius 3 is 2.13 bits per heavy atom. The molecular formula is C16H33NO5Si. The summed E-state index contributed by atoms with van der Waals surface area (Å²) >= 11 is 0. The first-order valence-electron chi connectivity index (χ1n) is 8.31. The summed E-state index contributed by atoms with van der Waals surface area (Å²) in [5.41, 5.74) is -0.687. The van der Waals surface area contributed by atoms with Gasteiger partial charge in [0.15, 0.2) is 8.32 Å². The molecule has 0 radical (unpaired) electrons.